The lowest BCUT2D eigenvalue weighted by Gasteiger charge is -2.25. The van der Waals surface area contributed by atoms with Crippen LogP contribution in [0.2, 0.25) is 0 Å². The van der Waals surface area contributed by atoms with Gasteiger partial charge >= 0.3 is 5.97 Å². The summed E-state index contributed by atoms with van der Waals surface area (Å²) in [6.45, 7) is 10.6. The Morgan fingerprint density at radius 1 is 1.12 bits per heavy atom. The number of carbonyl (C=O) groups excluding carboxylic acids is 1. The first-order valence-corrected chi connectivity index (χ1v) is 13.5. The average Bonchev–Trinajstić information content (AvgIpc) is 3.25. The highest BCUT2D eigenvalue weighted by Gasteiger charge is 2.28. The third-order valence-corrected chi connectivity index (χ3v) is 6.75. The van der Waals surface area contributed by atoms with Crippen LogP contribution in [0, 0.1) is 25.5 Å². The Morgan fingerprint density at radius 2 is 1.80 bits per heavy atom. The van der Waals surface area contributed by atoms with E-state index in [-0.39, 0.29) is 17.8 Å². The second-order valence-electron chi connectivity index (χ2n) is 11.3. The molecule has 41 heavy (non-hydrogen) atoms. The van der Waals surface area contributed by atoms with Gasteiger partial charge in [-0.05, 0) is 105 Å². The Labute approximate surface area is 239 Å². The topological polar surface area (TPSA) is 100.0 Å². The van der Waals surface area contributed by atoms with Crippen LogP contribution >= 0.6 is 0 Å². The van der Waals surface area contributed by atoms with Gasteiger partial charge in [-0.3, -0.25) is 14.6 Å². The van der Waals surface area contributed by atoms with Crippen molar-refractivity contribution in [2.45, 2.75) is 65.9 Å². The largest absolute Gasteiger partial charge is 0.490 e. The van der Waals surface area contributed by atoms with E-state index in [9.17, 15) is 23.5 Å². The maximum Gasteiger partial charge on any atom is 0.307 e. The minimum absolute atomic E-state index is 0.0627. The van der Waals surface area contributed by atoms with Gasteiger partial charge in [0.2, 0.25) is 0 Å². The zero-order valence-corrected chi connectivity index (χ0v) is 24.5. The fraction of sp³-hybridized carbons (Fsp3) is 0.406. The number of rotatable bonds is 4. The van der Waals surface area contributed by atoms with Gasteiger partial charge in [-0.25, -0.2) is 8.78 Å². The minimum atomic E-state index is -0.870. The fourth-order valence-electron chi connectivity index (χ4n) is 4.99. The predicted molar refractivity (Wildman–Crippen MR) is 155 cm³/mol. The number of hydrogen-bond acceptors (Lipinski definition) is 6. The van der Waals surface area contributed by atoms with Crippen LogP contribution in [0.5, 0.6) is 5.75 Å². The summed E-state index contributed by atoms with van der Waals surface area (Å²) in [4.78, 5) is 27.1. The quantitative estimate of drug-likeness (QED) is 0.380. The highest BCUT2D eigenvalue weighted by molar-refractivity contribution is 5.86. The molecule has 0 spiro atoms. The van der Waals surface area contributed by atoms with E-state index in [1.807, 2.05) is 20.9 Å². The van der Waals surface area contributed by atoms with E-state index in [2.05, 4.69) is 16.0 Å². The number of fused-ring (bicyclic) bond motifs is 2. The molecule has 2 N–H and O–H groups in total. The lowest BCUT2D eigenvalue weighted by atomic mass is 9.84. The van der Waals surface area contributed by atoms with Crippen molar-refractivity contribution in [3.05, 3.63) is 75.6 Å². The first-order chi connectivity index (χ1) is 19.2. The normalized spacial score (nSPS) is 13.5. The number of aromatic nitrogens is 1. The molecule has 3 aromatic rings. The van der Waals surface area contributed by atoms with Crippen molar-refractivity contribution in [2.75, 3.05) is 25.1 Å². The van der Waals surface area contributed by atoms with Crippen molar-refractivity contribution in [2.24, 2.45) is 0 Å². The van der Waals surface area contributed by atoms with Crippen molar-refractivity contribution in [3.63, 3.8) is 0 Å². The van der Waals surface area contributed by atoms with Crippen LogP contribution in [-0.4, -0.2) is 53.3 Å². The summed E-state index contributed by atoms with van der Waals surface area (Å²) >= 11 is 0. The summed E-state index contributed by atoms with van der Waals surface area (Å²) in [5, 5.41) is 18.0. The van der Waals surface area contributed by atoms with E-state index in [4.69, 9.17) is 9.84 Å². The first-order valence-electron chi connectivity index (χ1n) is 13.5. The predicted octanol–water partition coefficient (Wildman–Crippen LogP) is 5.86. The molecule has 2 aliphatic rings. The van der Waals surface area contributed by atoms with Crippen LogP contribution in [0.15, 0.2) is 30.6 Å². The lowest BCUT2D eigenvalue weighted by molar-refractivity contribution is -0.136. The number of aryl methyl sites for hydroxylation is 1. The molecule has 0 atom stereocenters. The Hall–Kier alpha value is -3.85. The summed E-state index contributed by atoms with van der Waals surface area (Å²) < 4.78 is 32.6. The third kappa shape index (κ3) is 8.10. The molecular formula is C32H38F2N2O5. The Morgan fingerprint density at radius 3 is 2.39 bits per heavy atom. The number of likely N-dealkylation sites (N-methyl/N-ethyl adjacent to an activating group) is 1. The number of carboxylic acid groups (broad SMARTS) is 1. The van der Waals surface area contributed by atoms with Gasteiger partial charge in [0.15, 0.2) is 17.9 Å². The molecule has 0 amide bonds. The summed E-state index contributed by atoms with van der Waals surface area (Å²) in [5.74, 6) is -1.35. The van der Waals surface area contributed by atoms with Crippen LogP contribution < -0.4 is 9.64 Å². The number of nitrogens with zero attached hydrogens (tertiary/aromatic N) is 2. The summed E-state index contributed by atoms with van der Waals surface area (Å²) in [6, 6.07) is 4.73. The highest BCUT2D eigenvalue weighted by atomic mass is 19.1. The molecule has 3 heterocycles. The number of benzene rings is 2. The highest BCUT2D eigenvalue weighted by Crippen LogP contribution is 2.44. The molecule has 0 bridgehead atoms. The van der Waals surface area contributed by atoms with E-state index < -0.39 is 17.4 Å². The van der Waals surface area contributed by atoms with Gasteiger partial charge in [-0.2, -0.15) is 0 Å². The number of anilines is 1. The molecule has 220 valence electrons. The van der Waals surface area contributed by atoms with Crippen molar-refractivity contribution >= 4 is 17.9 Å². The average molecular weight is 569 g/mol. The molecule has 1 aromatic heterocycles. The molecule has 7 nitrogen and oxygen atoms in total. The second-order valence-corrected chi connectivity index (χ2v) is 11.3. The number of halogens is 2. The second kappa shape index (κ2) is 13.2. The standard InChI is InChI=1S/C22H24FNO3.C6H4FNO.C4H10O/c1-12-9-19-15(6-7-24(19)3)21(16(12)11-20(25)26)17-10-18(23)22-14(13(17)2)5-4-8-27-22;7-6-1-5(4-9)2-8-3-6;1-4(2,3)5/h9-10H,4-8,11H2,1-3H3,(H,25,26);1-4H;5H,1-3H3. The summed E-state index contributed by atoms with van der Waals surface area (Å²) in [7, 11) is 2.04. The van der Waals surface area contributed by atoms with Crippen LogP contribution in [0.1, 0.15) is 65.4 Å². The van der Waals surface area contributed by atoms with Crippen LogP contribution in [-0.2, 0) is 24.1 Å². The molecule has 0 radical (unpaired) electrons. The molecule has 0 saturated heterocycles. The number of aliphatic carboxylic acids is 1. The zero-order chi connectivity index (χ0) is 30.5. The van der Waals surface area contributed by atoms with Gasteiger partial charge in [0.05, 0.1) is 24.8 Å². The van der Waals surface area contributed by atoms with Crippen LogP contribution in [0.3, 0.4) is 0 Å². The maximum atomic E-state index is 14.9. The summed E-state index contributed by atoms with van der Waals surface area (Å²) in [6.07, 6.45) is 5.33. The van der Waals surface area contributed by atoms with Crippen molar-refractivity contribution in [1.29, 1.82) is 0 Å². The smallest absolute Gasteiger partial charge is 0.307 e. The first kappa shape index (κ1) is 31.7. The van der Waals surface area contributed by atoms with Gasteiger partial charge < -0.3 is 19.8 Å². The molecule has 2 aromatic carbocycles. The number of aldehydes is 1. The third-order valence-electron chi connectivity index (χ3n) is 6.75. The van der Waals surface area contributed by atoms with Crippen LogP contribution in [0.25, 0.3) is 11.1 Å². The van der Waals surface area contributed by atoms with Gasteiger partial charge in [0.25, 0.3) is 0 Å². The Kier molecular flexibility index (Phi) is 10.2. The SMILES string of the molecule is CC(C)(C)O.Cc1cc2c(c(-c3cc(F)c4c(c3C)CCCO4)c1CC(=O)O)CCN2C.O=Cc1cncc(F)c1. The minimum Gasteiger partial charge on any atom is -0.490 e. The number of carbonyl (C=O) groups is 2. The van der Waals surface area contributed by atoms with E-state index in [1.165, 1.54) is 12.3 Å². The molecule has 2 aliphatic heterocycles. The fourth-order valence-corrected chi connectivity index (χ4v) is 4.99. The molecule has 0 saturated carbocycles. The van der Waals surface area contributed by atoms with E-state index in [1.54, 1.807) is 20.8 Å². The monoisotopic (exact) mass is 568 g/mol. The molecule has 0 unspecified atom stereocenters. The zero-order valence-electron chi connectivity index (χ0n) is 24.5. The van der Waals surface area contributed by atoms with Gasteiger partial charge in [0.1, 0.15) is 5.82 Å². The Bertz CT molecular complexity index is 1430. The lowest BCUT2D eigenvalue weighted by Crippen LogP contribution is -2.14. The number of aliphatic hydroxyl groups is 1. The number of pyridine rings is 1. The van der Waals surface area contributed by atoms with Crippen molar-refractivity contribution in [1.82, 2.24) is 4.98 Å². The van der Waals surface area contributed by atoms with Gasteiger partial charge in [0, 0.05) is 36.6 Å². The summed E-state index contributed by atoms with van der Waals surface area (Å²) in [5.41, 5.74) is 7.35. The van der Waals surface area contributed by atoms with Gasteiger partial charge in [-0.1, -0.05) is 0 Å². The molecule has 9 heteroatoms. The molecule has 5 rings (SSSR count). The van der Waals surface area contributed by atoms with Gasteiger partial charge in [-0.15, -0.1) is 0 Å². The number of ether oxygens (including phenoxy) is 1. The molecular weight excluding hydrogens is 530 g/mol. The van der Waals surface area contributed by atoms with E-state index >= 15 is 0 Å². The van der Waals surface area contributed by atoms with Crippen LogP contribution in [0.4, 0.5) is 14.5 Å². The Balaban J connectivity index is 0.000000273. The number of hydrogen-bond donors (Lipinski definition) is 2. The van der Waals surface area contributed by atoms with Crippen molar-refractivity contribution in [3.8, 4) is 16.9 Å². The van der Waals surface area contributed by atoms with E-state index in [0.717, 1.165) is 82.7 Å². The van der Waals surface area contributed by atoms with E-state index in [0.29, 0.717) is 18.6 Å². The molecule has 0 aliphatic carbocycles. The molecule has 0 fully saturated rings. The maximum absolute atomic E-state index is 14.9. The number of carboxylic acids is 1. The van der Waals surface area contributed by atoms with Crippen molar-refractivity contribution < 1.29 is 33.3 Å².